The Balaban J connectivity index is 2.55. The van der Waals surface area contributed by atoms with Crippen molar-refractivity contribution >= 4 is 11.8 Å². The minimum absolute atomic E-state index is 0.289. The van der Waals surface area contributed by atoms with Crippen LogP contribution >= 0.6 is 0 Å². The van der Waals surface area contributed by atoms with Gasteiger partial charge < -0.3 is 15.7 Å². The van der Waals surface area contributed by atoms with Crippen molar-refractivity contribution in [3.8, 4) is 0 Å². The third-order valence-corrected chi connectivity index (χ3v) is 2.26. The highest BCUT2D eigenvalue weighted by Crippen LogP contribution is 2.09. The molecule has 1 aromatic heterocycles. The molecule has 0 amide bonds. The lowest BCUT2D eigenvalue weighted by atomic mass is 10.3. The van der Waals surface area contributed by atoms with E-state index in [2.05, 4.69) is 27.5 Å². The first kappa shape index (κ1) is 13.7. The smallest absolute Gasteiger partial charge is 0.224 e. The Kier molecular flexibility index (Phi) is 5.69. The molecule has 96 valence electrons. The van der Waals surface area contributed by atoms with E-state index in [1.807, 2.05) is 13.0 Å². The number of hydrogen-bond acceptors (Lipinski definition) is 5. The summed E-state index contributed by atoms with van der Waals surface area (Å²) >= 11 is 0. The van der Waals surface area contributed by atoms with Gasteiger partial charge in [-0.05, 0) is 26.7 Å². The van der Waals surface area contributed by atoms with Crippen LogP contribution in [0.4, 0.5) is 11.8 Å². The van der Waals surface area contributed by atoms with E-state index in [-0.39, 0.29) is 6.10 Å². The molecule has 0 aliphatic carbocycles. The van der Waals surface area contributed by atoms with Crippen LogP contribution in [0.3, 0.4) is 0 Å². The molecule has 3 N–H and O–H groups in total. The highest BCUT2D eigenvalue weighted by atomic mass is 16.3. The molecule has 17 heavy (non-hydrogen) atoms. The van der Waals surface area contributed by atoms with Crippen molar-refractivity contribution in [3.05, 3.63) is 11.8 Å². The van der Waals surface area contributed by atoms with E-state index in [0.29, 0.717) is 18.9 Å². The van der Waals surface area contributed by atoms with E-state index in [9.17, 15) is 5.11 Å². The quantitative estimate of drug-likeness (QED) is 0.675. The lowest BCUT2D eigenvalue weighted by Crippen LogP contribution is -2.12. The van der Waals surface area contributed by atoms with Crippen molar-refractivity contribution in [3.63, 3.8) is 0 Å². The van der Waals surface area contributed by atoms with E-state index in [0.717, 1.165) is 24.5 Å². The number of nitrogens with one attached hydrogen (secondary N) is 2. The van der Waals surface area contributed by atoms with E-state index >= 15 is 0 Å². The van der Waals surface area contributed by atoms with Gasteiger partial charge in [-0.15, -0.1) is 0 Å². The summed E-state index contributed by atoms with van der Waals surface area (Å²) in [5.74, 6) is 1.46. The van der Waals surface area contributed by atoms with Crippen LogP contribution in [0.1, 0.15) is 32.4 Å². The first-order valence-electron chi connectivity index (χ1n) is 6.13. The average molecular weight is 238 g/mol. The van der Waals surface area contributed by atoms with E-state index in [4.69, 9.17) is 0 Å². The van der Waals surface area contributed by atoms with Gasteiger partial charge in [0, 0.05) is 24.8 Å². The number of aromatic nitrogens is 2. The normalized spacial score (nSPS) is 12.2. The highest BCUT2D eigenvalue weighted by Gasteiger charge is 2.02. The van der Waals surface area contributed by atoms with Gasteiger partial charge in [0.15, 0.2) is 0 Å². The van der Waals surface area contributed by atoms with Crippen molar-refractivity contribution in [1.82, 2.24) is 9.97 Å². The number of rotatable bonds is 7. The lowest BCUT2D eigenvalue weighted by molar-refractivity contribution is 0.188. The summed E-state index contributed by atoms with van der Waals surface area (Å²) < 4.78 is 0. The second-order valence-electron chi connectivity index (χ2n) is 4.21. The van der Waals surface area contributed by atoms with Crippen molar-refractivity contribution in [1.29, 1.82) is 0 Å². The number of nitrogens with zero attached hydrogens (tertiary/aromatic N) is 2. The summed E-state index contributed by atoms with van der Waals surface area (Å²) in [7, 11) is 0. The van der Waals surface area contributed by atoms with Gasteiger partial charge in [-0.2, -0.15) is 4.98 Å². The second-order valence-corrected chi connectivity index (χ2v) is 4.21. The van der Waals surface area contributed by atoms with Gasteiger partial charge in [0.05, 0.1) is 6.10 Å². The zero-order valence-corrected chi connectivity index (χ0v) is 10.8. The van der Waals surface area contributed by atoms with Crippen LogP contribution in [0, 0.1) is 6.92 Å². The number of aryl methyl sites for hydroxylation is 1. The molecule has 0 bridgehead atoms. The summed E-state index contributed by atoms with van der Waals surface area (Å²) in [5.41, 5.74) is 0.929. The SMILES string of the molecule is CCCNc1nc(C)cc(NCCC(C)O)n1. The molecule has 0 radical (unpaired) electrons. The Labute approximate surface area is 103 Å². The largest absolute Gasteiger partial charge is 0.393 e. The van der Waals surface area contributed by atoms with Crippen LogP contribution in [0.5, 0.6) is 0 Å². The highest BCUT2D eigenvalue weighted by molar-refractivity contribution is 5.42. The van der Waals surface area contributed by atoms with E-state index in [1.54, 1.807) is 6.92 Å². The zero-order valence-electron chi connectivity index (χ0n) is 10.8. The molecule has 5 heteroatoms. The zero-order chi connectivity index (χ0) is 12.7. The third-order valence-electron chi connectivity index (χ3n) is 2.26. The fourth-order valence-electron chi connectivity index (χ4n) is 1.38. The molecular weight excluding hydrogens is 216 g/mol. The monoisotopic (exact) mass is 238 g/mol. The Morgan fingerprint density at radius 2 is 2.06 bits per heavy atom. The van der Waals surface area contributed by atoms with Crippen molar-refractivity contribution in [2.75, 3.05) is 23.7 Å². The maximum Gasteiger partial charge on any atom is 0.224 e. The van der Waals surface area contributed by atoms with Crippen LogP contribution in [-0.4, -0.2) is 34.3 Å². The fraction of sp³-hybridized carbons (Fsp3) is 0.667. The van der Waals surface area contributed by atoms with Crippen LogP contribution in [0.25, 0.3) is 0 Å². The molecule has 1 rings (SSSR count). The predicted octanol–water partition coefficient (Wildman–Crippen LogP) is 1.79. The van der Waals surface area contributed by atoms with Gasteiger partial charge in [0.2, 0.25) is 5.95 Å². The number of hydrogen-bond donors (Lipinski definition) is 3. The molecule has 1 unspecified atom stereocenters. The molecule has 0 saturated heterocycles. The van der Waals surface area contributed by atoms with Crippen LogP contribution in [0.2, 0.25) is 0 Å². The summed E-state index contributed by atoms with van der Waals surface area (Å²) in [5, 5.41) is 15.5. The number of aliphatic hydroxyl groups is 1. The van der Waals surface area contributed by atoms with E-state index < -0.39 is 0 Å². The molecule has 1 atom stereocenters. The Morgan fingerprint density at radius 3 is 2.71 bits per heavy atom. The maximum atomic E-state index is 9.17. The molecule has 0 aliphatic rings. The van der Waals surface area contributed by atoms with Gasteiger partial charge >= 0.3 is 0 Å². The topological polar surface area (TPSA) is 70.1 Å². The molecule has 0 fully saturated rings. The van der Waals surface area contributed by atoms with Crippen molar-refractivity contribution in [2.45, 2.75) is 39.7 Å². The summed E-state index contributed by atoms with van der Waals surface area (Å²) in [6.07, 6.45) is 1.46. The molecule has 1 aromatic rings. The summed E-state index contributed by atoms with van der Waals surface area (Å²) in [6, 6.07) is 1.90. The number of aliphatic hydroxyl groups excluding tert-OH is 1. The average Bonchev–Trinajstić information content (AvgIpc) is 2.25. The van der Waals surface area contributed by atoms with Gasteiger partial charge in [0.25, 0.3) is 0 Å². The first-order valence-corrected chi connectivity index (χ1v) is 6.13. The van der Waals surface area contributed by atoms with Gasteiger partial charge in [0.1, 0.15) is 5.82 Å². The lowest BCUT2D eigenvalue weighted by Gasteiger charge is -2.10. The minimum atomic E-state index is -0.289. The van der Waals surface area contributed by atoms with Crippen LogP contribution in [-0.2, 0) is 0 Å². The summed E-state index contributed by atoms with van der Waals surface area (Å²) in [6.45, 7) is 7.41. The first-order chi connectivity index (χ1) is 8.11. The standard InChI is InChI=1S/C12H22N4O/c1-4-6-14-12-15-9(2)8-11(16-12)13-7-5-10(3)17/h8,10,17H,4-7H2,1-3H3,(H2,13,14,15,16). The molecule has 0 saturated carbocycles. The minimum Gasteiger partial charge on any atom is -0.393 e. The Bertz CT molecular complexity index is 341. The predicted molar refractivity (Wildman–Crippen MR) is 70.3 cm³/mol. The molecular formula is C12H22N4O. The van der Waals surface area contributed by atoms with Gasteiger partial charge in [-0.3, -0.25) is 0 Å². The van der Waals surface area contributed by atoms with Crippen molar-refractivity contribution in [2.24, 2.45) is 0 Å². The second kappa shape index (κ2) is 7.06. The van der Waals surface area contributed by atoms with Gasteiger partial charge in [-0.1, -0.05) is 6.92 Å². The molecule has 5 nitrogen and oxygen atoms in total. The maximum absolute atomic E-state index is 9.17. The fourth-order valence-corrected chi connectivity index (χ4v) is 1.38. The summed E-state index contributed by atoms with van der Waals surface area (Å²) in [4.78, 5) is 8.66. The molecule has 0 aliphatic heterocycles. The van der Waals surface area contributed by atoms with Crippen molar-refractivity contribution < 1.29 is 5.11 Å². The van der Waals surface area contributed by atoms with E-state index in [1.165, 1.54) is 0 Å². The third kappa shape index (κ3) is 5.49. The Hall–Kier alpha value is -1.36. The Morgan fingerprint density at radius 1 is 1.29 bits per heavy atom. The number of anilines is 2. The van der Waals surface area contributed by atoms with Crippen LogP contribution in [0.15, 0.2) is 6.07 Å². The van der Waals surface area contributed by atoms with Crippen LogP contribution < -0.4 is 10.6 Å². The molecule has 0 aromatic carbocycles. The molecule has 0 spiro atoms. The van der Waals surface area contributed by atoms with Gasteiger partial charge in [-0.25, -0.2) is 4.98 Å². The molecule has 1 heterocycles.